The molecule has 0 spiro atoms. The number of hydrogen-bond acceptors (Lipinski definition) is 1. The fourth-order valence-corrected chi connectivity index (χ4v) is 0. The highest BCUT2D eigenvalue weighted by Gasteiger charge is 1.60. The first kappa shape index (κ1) is 4.09. The quantitative estimate of drug-likeness (QED) is 0.374. The maximum absolute atomic E-state index is 4.47. The Morgan fingerprint density at radius 2 is 2.25 bits per heavy atom. The van der Waals surface area contributed by atoms with Crippen molar-refractivity contribution < 1.29 is 4.57 Å². The molecular weight excluding hydrogens is 49.6 g/mol. The molecule has 1 nitrogen and oxygen atoms in total. The molecular formula is CH3B2O. The Balaban J connectivity index is 1.97. The van der Waals surface area contributed by atoms with Crippen molar-refractivity contribution in [3.63, 3.8) is 0 Å². The van der Waals surface area contributed by atoms with Crippen molar-refractivity contribution in [3.05, 3.63) is 0 Å². The molecule has 0 aromatic heterocycles. The molecule has 0 heterocycles. The summed E-state index contributed by atoms with van der Waals surface area (Å²) in [5.74, 6) is 0. The molecule has 0 aromatic rings. The van der Waals surface area contributed by atoms with Crippen LogP contribution in [0.1, 0.15) is 0 Å². The van der Waals surface area contributed by atoms with E-state index in [1.165, 1.54) is 7.48 Å². The summed E-state index contributed by atoms with van der Waals surface area (Å²) in [6.07, 6.45) is 0. The van der Waals surface area contributed by atoms with Crippen LogP contribution < -0.4 is 0 Å². The van der Waals surface area contributed by atoms with Crippen LogP contribution in [-0.4, -0.2) is 15.5 Å². The molecule has 0 saturated carbocycles. The smallest absolute Gasteiger partial charge is 0.268 e. The zero-order valence-corrected chi connectivity index (χ0v) is 2.56. The molecule has 0 fully saturated rings. The minimum absolute atomic E-state index is 1.40. The van der Waals surface area contributed by atoms with Crippen molar-refractivity contribution in [1.29, 1.82) is 0 Å². The molecule has 0 saturated heterocycles. The minimum atomic E-state index is 1.40. The topological polar surface area (TPSA) is 9.23 Å². The van der Waals surface area contributed by atoms with E-state index in [1.54, 1.807) is 6.82 Å². The van der Waals surface area contributed by atoms with Gasteiger partial charge in [0, 0.05) is 0 Å². The Morgan fingerprint density at radius 1 is 2.00 bits per heavy atom. The van der Waals surface area contributed by atoms with Gasteiger partial charge in [0.05, 0.1) is 0 Å². The second-order valence-corrected chi connectivity index (χ2v) is 0.372. The average molecular weight is 52.7 g/mol. The van der Waals surface area contributed by atoms with Gasteiger partial charge in [0.25, 0.3) is 15.5 Å². The summed E-state index contributed by atoms with van der Waals surface area (Å²) in [5.41, 5.74) is 0. The maximum atomic E-state index is 4.47. The lowest BCUT2D eigenvalue weighted by Gasteiger charge is -1.73. The molecule has 0 aliphatic heterocycles. The van der Waals surface area contributed by atoms with Gasteiger partial charge >= 0.3 is 0 Å². The molecule has 0 bridgehead atoms. The zero-order chi connectivity index (χ0) is 3.41. The molecule has 0 rings (SSSR count). The highest BCUT2D eigenvalue weighted by Crippen LogP contribution is 1.45. The molecule has 19 valence electrons. The molecule has 0 aliphatic rings. The molecule has 0 aromatic carbocycles. The number of rotatable bonds is 1. The SMILES string of the molecule is [B]O[B]C. The number of hydrogen-bond donors (Lipinski definition) is 0. The summed E-state index contributed by atoms with van der Waals surface area (Å²) >= 11 is 0. The first-order valence-electron chi connectivity index (χ1n) is 1.05. The summed E-state index contributed by atoms with van der Waals surface area (Å²) in [4.78, 5) is 0. The van der Waals surface area contributed by atoms with Crippen LogP contribution in [-0.2, 0) is 4.57 Å². The summed E-state index contributed by atoms with van der Waals surface area (Å²) in [7, 11) is 5.88. The van der Waals surface area contributed by atoms with E-state index in [9.17, 15) is 0 Å². The molecule has 0 N–H and O–H groups in total. The van der Waals surface area contributed by atoms with E-state index in [2.05, 4.69) is 12.6 Å². The fourth-order valence-electron chi connectivity index (χ4n) is 0. The van der Waals surface area contributed by atoms with E-state index in [0.29, 0.717) is 0 Å². The second-order valence-electron chi connectivity index (χ2n) is 0.372. The predicted octanol–water partition coefficient (Wildman–Crippen LogP) is -0.246. The Bertz CT molecular complexity index is 8.00. The molecule has 4 heavy (non-hydrogen) atoms. The van der Waals surface area contributed by atoms with Gasteiger partial charge < -0.3 is 4.57 Å². The summed E-state index contributed by atoms with van der Waals surface area (Å²) in [6, 6.07) is 0. The van der Waals surface area contributed by atoms with Crippen molar-refractivity contribution >= 4 is 15.5 Å². The monoisotopic (exact) mass is 53.0 g/mol. The first-order chi connectivity index (χ1) is 1.91. The van der Waals surface area contributed by atoms with Gasteiger partial charge in [-0.15, -0.1) is 0 Å². The van der Waals surface area contributed by atoms with Crippen molar-refractivity contribution in [2.24, 2.45) is 0 Å². The highest BCUT2D eigenvalue weighted by atomic mass is 16.4. The van der Waals surface area contributed by atoms with Gasteiger partial charge in [-0.3, -0.25) is 0 Å². The van der Waals surface area contributed by atoms with E-state index in [0.717, 1.165) is 0 Å². The Labute approximate surface area is 28.1 Å². The van der Waals surface area contributed by atoms with E-state index < -0.39 is 0 Å². The van der Waals surface area contributed by atoms with Gasteiger partial charge in [-0.1, -0.05) is 6.82 Å². The van der Waals surface area contributed by atoms with E-state index >= 15 is 0 Å². The van der Waals surface area contributed by atoms with Crippen molar-refractivity contribution in [2.75, 3.05) is 0 Å². The summed E-state index contributed by atoms with van der Waals surface area (Å²) < 4.78 is 3.92. The van der Waals surface area contributed by atoms with Gasteiger partial charge in [0.2, 0.25) is 0 Å². The standard InChI is InChI=1S/CH3B2O/c1-3-4-2/h1H3. The molecule has 0 aliphatic carbocycles. The van der Waals surface area contributed by atoms with Crippen LogP contribution >= 0.6 is 0 Å². The third-order valence-electron chi connectivity index (χ3n) is 0.136. The largest absolute Gasteiger partial charge is 0.510 e. The maximum Gasteiger partial charge on any atom is 0.268 e. The second kappa shape index (κ2) is 3.09. The van der Waals surface area contributed by atoms with Crippen molar-refractivity contribution in [1.82, 2.24) is 0 Å². The van der Waals surface area contributed by atoms with Gasteiger partial charge in [0.15, 0.2) is 0 Å². The Hall–Kier alpha value is 0.0899. The van der Waals surface area contributed by atoms with Crippen molar-refractivity contribution in [3.8, 4) is 0 Å². The molecule has 3 heteroatoms. The van der Waals surface area contributed by atoms with Gasteiger partial charge in [-0.05, 0) is 0 Å². The van der Waals surface area contributed by atoms with Gasteiger partial charge in [0.1, 0.15) is 0 Å². The average Bonchev–Trinajstić information content (AvgIpc) is 1.37. The van der Waals surface area contributed by atoms with E-state index in [4.69, 9.17) is 0 Å². The third kappa shape index (κ3) is 2.09. The Kier molecular flexibility index (Phi) is 3.16. The van der Waals surface area contributed by atoms with Crippen LogP contribution in [0.2, 0.25) is 6.82 Å². The Morgan fingerprint density at radius 3 is 2.25 bits per heavy atom. The van der Waals surface area contributed by atoms with Crippen LogP contribution in [0.15, 0.2) is 0 Å². The van der Waals surface area contributed by atoms with Crippen LogP contribution in [0.5, 0.6) is 0 Å². The lowest BCUT2D eigenvalue weighted by Crippen LogP contribution is -1.82. The van der Waals surface area contributed by atoms with Crippen LogP contribution in [0.3, 0.4) is 0 Å². The third-order valence-corrected chi connectivity index (χ3v) is 0.136. The zero-order valence-electron chi connectivity index (χ0n) is 2.56. The summed E-state index contributed by atoms with van der Waals surface area (Å²) in [6.45, 7) is 1.71. The highest BCUT2D eigenvalue weighted by molar-refractivity contribution is 6.32. The van der Waals surface area contributed by atoms with Crippen molar-refractivity contribution in [2.45, 2.75) is 6.82 Å². The van der Waals surface area contributed by atoms with Crippen LogP contribution in [0.25, 0.3) is 0 Å². The molecule has 3 radical (unpaired) electrons. The summed E-state index contributed by atoms with van der Waals surface area (Å²) in [5, 5.41) is 0. The van der Waals surface area contributed by atoms with Crippen LogP contribution in [0, 0.1) is 0 Å². The van der Waals surface area contributed by atoms with E-state index in [1.807, 2.05) is 0 Å². The van der Waals surface area contributed by atoms with Gasteiger partial charge in [-0.25, -0.2) is 0 Å². The minimum Gasteiger partial charge on any atom is -0.510 e. The normalized spacial score (nSPS) is 6.25. The molecule has 0 unspecified atom stereocenters. The lowest BCUT2D eigenvalue weighted by atomic mass is 10.1. The van der Waals surface area contributed by atoms with E-state index in [-0.39, 0.29) is 0 Å². The predicted molar refractivity (Wildman–Crippen MR) is 18.5 cm³/mol. The fraction of sp³-hybridized carbons (Fsp3) is 1.00. The lowest BCUT2D eigenvalue weighted by molar-refractivity contribution is 0.671. The van der Waals surface area contributed by atoms with Crippen LogP contribution in [0.4, 0.5) is 0 Å². The molecule has 0 atom stereocenters. The first-order valence-corrected chi connectivity index (χ1v) is 1.05. The molecule has 0 amide bonds. The van der Waals surface area contributed by atoms with Gasteiger partial charge in [-0.2, -0.15) is 0 Å².